The van der Waals surface area contributed by atoms with Gasteiger partial charge in [0.25, 0.3) is 0 Å². The van der Waals surface area contributed by atoms with Crippen molar-refractivity contribution in [3.05, 3.63) is 107 Å². The summed E-state index contributed by atoms with van der Waals surface area (Å²) in [5, 5.41) is 1.06. The maximum absolute atomic E-state index is 13.4. The summed E-state index contributed by atoms with van der Waals surface area (Å²) in [6.45, 7) is 0.398. The number of aromatic nitrogens is 1. The molecule has 1 aliphatic heterocycles. The number of rotatable bonds is 4. The Balaban J connectivity index is 1.63. The fraction of sp³-hybridized carbons (Fsp3) is 0.130. The smallest absolute Gasteiger partial charge is 0.219 e. The van der Waals surface area contributed by atoms with E-state index in [1.54, 1.807) is 4.31 Å². The predicted octanol–water partition coefficient (Wildman–Crippen LogP) is 4.60. The molecule has 1 N–H and O–H groups in total. The van der Waals surface area contributed by atoms with E-state index in [2.05, 4.69) is 4.98 Å². The summed E-state index contributed by atoms with van der Waals surface area (Å²) >= 11 is 0. The van der Waals surface area contributed by atoms with Gasteiger partial charge in [-0.25, -0.2) is 8.42 Å². The first kappa shape index (κ1) is 17.2. The highest BCUT2D eigenvalue weighted by atomic mass is 32.2. The van der Waals surface area contributed by atoms with Crippen LogP contribution in [0.15, 0.2) is 85.1 Å². The summed E-state index contributed by atoms with van der Waals surface area (Å²) < 4.78 is 28.5. The van der Waals surface area contributed by atoms with Gasteiger partial charge in [0.15, 0.2) is 0 Å². The average Bonchev–Trinajstić information content (AvgIpc) is 3.30. The van der Waals surface area contributed by atoms with Crippen molar-refractivity contribution < 1.29 is 8.42 Å². The number of H-pyrrole nitrogens is 1. The molecule has 28 heavy (non-hydrogen) atoms. The standard InChI is InChI=1S/C23H20N2O2S/c26-28(27,16-17-8-2-1-3-9-17)25-15-18-10-4-5-11-19(18)23(25)21-14-24-22-13-7-6-12-20(21)22/h1-14,23-24H,15-16H2/t23-/m1/s1. The molecule has 1 aliphatic rings. The fourth-order valence-electron chi connectivity index (χ4n) is 4.13. The van der Waals surface area contributed by atoms with Crippen LogP contribution >= 0.6 is 0 Å². The number of fused-ring (bicyclic) bond motifs is 2. The van der Waals surface area contributed by atoms with E-state index in [4.69, 9.17) is 0 Å². The Morgan fingerprint density at radius 2 is 1.57 bits per heavy atom. The minimum Gasteiger partial charge on any atom is -0.361 e. The Morgan fingerprint density at radius 3 is 2.43 bits per heavy atom. The fourth-order valence-corrected chi connectivity index (χ4v) is 5.79. The number of benzene rings is 3. The van der Waals surface area contributed by atoms with Gasteiger partial charge in [0.1, 0.15) is 0 Å². The summed E-state index contributed by atoms with van der Waals surface area (Å²) in [5.41, 5.74) is 4.94. The quantitative estimate of drug-likeness (QED) is 0.555. The molecule has 1 atom stereocenters. The summed E-state index contributed by atoms with van der Waals surface area (Å²) in [7, 11) is -3.51. The van der Waals surface area contributed by atoms with Gasteiger partial charge in [-0.1, -0.05) is 72.8 Å². The van der Waals surface area contributed by atoms with Gasteiger partial charge in [-0.15, -0.1) is 0 Å². The third-order valence-electron chi connectivity index (χ3n) is 5.43. The summed E-state index contributed by atoms with van der Waals surface area (Å²) in [6.07, 6.45) is 1.95. The van der Waals surface area contributed by atoms with E-state index >= 15 is 0 Å². The Bertz CT molecular complexity index is 1250. The molecule has 0 bridgehead atoms. The zero-order chi connectivity index (χ0) is 19.1. The lowest BCUT2D eigenvalue weighted by atomic mass is 9.98. The minimum atomic E-state index is -3.51. The van der Waals surface area contributed by atoms with E-state index in [0.717, 1.165) is 33.2 Å². The third kappa shape index (κ3) is 2.84. The Hall–Kier alpha value is -2.89. The number of aromatic amines is 1. The Kier molecular flexibility index (Phi) is 4.07. The van der Waals surface area contributed by atoms with Crippen molar-refractivity contribution in [2.24, 2.45) is 0 Å². The van der Waals surface area contributed by atoms with Crippen LogP contribution in [0, 0.1) is 0 Å². The van der Waals surface area contributed by atoms with E-state index in [-0.39, 0.29) is 11.8 Å². The molecule has 5 rings (SSSR count). The Morgan fingerprint density at radius 1 is 0.857 bits per heavy atom. The SMILES string of the molecule is O=S(=O)(Cc1ccccc1)N1Cc2ccccc2[C@@H]1c1c[nH]c2ccccc12. The molecule has 0 unspecified atom stereocenters. The third-order valence-corrected chi connectivity index (χ3v) is 7.18. The van der Waals surface area contributed by atoms with Crippen molar-refractivity contribution in [2.45, 2.75) is 18.3 Å². The highest BCUT2D eigenvalue weighted by Gasteiger charge is 2.39. The first-order valence-electron chi connectivity index (χ1n) is 9.31. The summed E-state index contributed by atoms with van der Waals surface area (Å²) in [6, 6.07) is 25.1. The molecule has 1 aromatic heterocycles. The number of hydrogen-bond acceptors (Lipinski definition) is 2. The summed E-state index contributed by atoms with van der Waals surface area (Å²) in [4.78, 5) is 3.30. The number of sulfonamides is 1. The highest BCUT2D eigenvalue weighted by molar-refractivity contribution is 7.88. The molecule has 4 nitrogen and oxygen atoms in total. The monoisotopic (exact) mass is 388 g/mol. The van der Waals surface area contributed by atoms with Crippen LogP contribution in [0.1, 0.15) is 28.3 Å². The van der Waals surface area contributed by atoms with Crippen LogP contribution in [0.2, 0.25) is 0 Å². The van der Waals surface area contributed by atoms with Crippen LogP contribution in [-0.2, 0) is 22.3 Å². The number of nitrogens with one attached hydrogen (secondary N) is 1. The van der Waals surface area contributed by atoms with Crippen LogP contribution in [0.4, 0.5) is 0 Å². The molecule has 140 valence electrons. The summed E-state index contributed by atoms with van der Waals surface area (Å²) in [5.74, 6) is 0.000679. The van der Waals surface area contributed by atoms with Crippen molar-refractivity contribution in [1.29, 1.82) is 0 Å². The zero-order valence-corrected chi connectivity index (χ0v) is 16.1. The van der Waals surface area contributed by atoms with E-state index < -0.39 is 10.0 Å². The lowest BCUT2D eigenvalue weighted by molar-refractivity contribution is 0.388. The second-order valence-electron chi connectivity index (χ2n) is 7.18. The number of nitrogens with zero attached hydrogens (tertiary/aromatic N) is 1. The van der Waals surface area contributed by atoms with Crippen LogP contribution in [-0.4, -0.2) is 17.7 Å². The van der Waals surface area contributed by atoms with Crippen molar-refractivity contribution >= 4 is 20.9 Å². The van der Waals surface area contributed by atoms with Crippen LogP contribution < -0.4 is 0 Å². The predicted molar refractivity (Wildman–Crippen MR) is 111 cm³/mol. The van der Waals surface area contributed by atoms with E-state index in [1.165, 1.54) is 0 Å². The van der Waals surface area contributed by atoms with Gasteiger partial charge >= 0.3 is 0 Å². The van der Waals surface area contributed by atoms with Crippen molar-refractivity contribution in [1.82, 2.24) is 9.29 Å². The normalized spacial score (nSPS) is 17.1. The van der Waals surface area contributed by atoms with Crippen LogP contribution in [0.25, 0.3) is 10.9 Å². The maximum atomic E-state index is 13.4. The first-order valence-corrected chi connectivity index (χ1v) is 10.9. The van der Waals surface area contributed by atoms with Gasteiger partial charge in [0, 0.05) is 29.2 Å². The number of para-hydroxylation sites is 1. The van der Waals surface area contributed by atoms with Crippen molar-refractivity contribution in [3.63, 3.8) is 0 Å². The van der Waals surface area contributed by atoms with Gasteiger partial charge in [-0.2, -0.15) is 4.31 Å². The molecular weight excluding hydrogens is 368 g/mol. The van der Waals surface area contributed by atoms with Gasteiger partial charge in [0.2, 0.25) is 10.0 Å². The largest absolute Gasteiger partial charge is 0.361 e. The lowest BCUT2D eigenvalue weighted by Gasteiger charge is -2.25. The van der Waals surface area contributed by atoms with Gasteiger partial charge in [-0.3, -0.25) is 0 Å². The molecule has 0 amide bonds. The molecule has 0 aliphatic carbocycles. The van der Waals surface area contributed by atoms with Crippen molar-refractivity contribution in [2.75, 3.05) is 0 Å². The molecule has 0 spiro atoms. The number of hydrogen-bond donors (Lipinski definition) is 1. The molecule has 0 fully saturated rings. The van der Waals surface area contributed by atoms with Gasteiger partial charge in [0.05, 0.1) is 11.8 Å². The molecular formula is C23H20N2O2S. The molecule has 2 heterocycles. The zero-order valence-electron chi connectivity index (χ0n) is 15.2. The topological polar surface area (TPSA) is 53.2 Å². The molecule has 0 radical (unpaired) electrons. The van der Waals surface area contributed by atoms with Crippen LogP contribution in [0.5, 0.6) is 0 Å². The molecule has 0 saturated heterocycles. The second kappa shape index (κ2) is 6.62. The lowest BCUT2D eigenvalue weighted by Crippen LogP contribution is -2.31. The molecule has 0 saturated carbocycles. The first-order chi connectivity index (χ1) is 13.6. The maximum Gasteiger partial charge on any atom is 0.219 e. The van der Waals surface area contributed by atoms with Crippen LogP contribution in [0.3, 0.4) is 0 Å². The average molecular weight is 388 g/mol. The minimum absolute atomic E-state index is 0.000679. The molecule has 5 heteroatoms. The molecule has 3 aromatic carbocycles. The second-order valence-corrected chi connectivity index (χ2v) is 9.10. The molecule has 4 aromatic rings. The van der Waals surface area contributed by atoms with Gasteiger partial charge < -0.3 is 4.98 Å². The Labute approximate surface area is 164 Å². The van der Waals surface area contributed by atoms with Gasteiger partial charge in [-0.05, 0) is 22.8 Å². The van der Waals surface area contributed by atoms with Crippen molar-refractivity contribution in [3.8, 4) is 0 Å². The van der Waals surface area contributed by atoms with E-state index in [0.29, 0.717) is 6.54 Å². The highest BCUT2D eigenvalue weighted by Crippen LogP contribution is 2.43. The van der Waals surface area contributed by atoms with E-state index in [9.17, 15) is 8.42 Å². The van der Waals surface area contributed by atoms with E-state index in [1.807, 2.05) is 85.1 Å².